The summed E-state index contributed by atoms with van der Waals surface area (Å²) in [7, 11) is 0. The Bertz CT molecular complexity index is 441. The summed E-state index contributed by atoms with van der Waals surface area (Å²) in [5.74, 6) is 1.41. The fourth-order valence-corrected chi connectivity index (χ4v) is 1.89. The predicted octanol–water partition coefficient (Wildman–Crippen LogP) is 1.69. The second-order valence-electron chi connectivity index (χ2n) is 4.42. The summed E-state index contributed by atoms with van der Waals surface area (Å²) in [4.78, 5) is 12.0. The predicted molar refractivity (Wildman–Crippen MR) is 64.8 cm³/mol. The number of carbonyl (C=O) groups is 1. The second kappa shape index (κ2) is 4.75. The van der Waals surface area contributed by atoms with Crippen molar-refractivity contribution >= 4 is 5.78 Å². The average molecular weight is 235 g/mol. The van der Waals surface area contributed by atoms with Crippen LogP contribution in [0.5, 0.6) is 11.5 Å². The maximum atomic E-state index is 12.0. The van der Waals surface area contributed by atoms with Crippen molar-refractivity contribution < 1.29 is 14.3 Å². The fraction of sp³-hybridized carbons (Fsp3) is 0.462. The highest BCUT2D eigenvalue weighted by atomic mass is 16.6. The molecular weight excluding hydrogens is 218 g/mol. The standard InChI is InChI=1S/C13H17NO3/c1-8-5-12-13(17-4-3-16-12)7-10(8)11(15)6-9(2)14/h5,7,9H,3-4,6,14H2,1-2H3. The number of benzene rings is 1. The summed E-state index contributed by atoms with van der Waals surface area (Å²) < 4.78 is 10.9. The highest BCUT2D eigenvalue weighted by Crippen LogP contribution is 2.33. The van der Waals surface area contributed by atoms with Crippen LogP contribution in [-0.2, 0) is 0 Å². The number of rotatable bonds is 3. The molecule has 4 nitrogen and oxygen atoms in total. The molecule has 0 aliphatic carbocycles. The first-order chi connectivity index (χ1) is 8.08. The molecule has 1 atom stereocenters. The van der Waals surface area contributed by atoms with E-state index in [1.54, 1.807) is 6.07 Å². The smallest absolute Gasteiger partial charge is 0.164 e. The van der Waals surface area contributed by atoms with Crippen molar-refractivity contribution in [3.05, 3.63) is 23.3 Å². The highest BCUT2D eigenvalue weighted by molar-refractivity contribution is 5.98. The summed E-state index contributed by atoms with van der Waals surface area (Å²) in [6.45, 7) is 4.80. The van der Waals surface area contributed by atoms with Crippen LogP contribution in [0.25, 0.3) is 0 Å². The molecular formula is C13H17NO3. The van der Waals surface area contributed by atoms with E-state index in [0.717, 1.165) is 5.56 Å². The quantitative estimate of drug-likeness (QED) is 0.810. The molecule has 1 aromatic carbocycles. The first kappa shape index (κ1) is 11.9. The van der Waals surface area contributed by atoms with E-state index in [1.807, 2.05) is 19.9 Å². The molecule has 1 heterocycles. The number of carbonyl (C=O) groups excluding carboxylic acids is 1. The van der Waals surface area contributed by atoms with Crippen molar-refractivity contribution in [2.45, 2.75) is 26.3 Å². The number of aryl methyl sites for hydroxylation is 1. The molecule has 0 saturated heterocycles. The highest BCUT2D eigenvalue weighted by Gasteiger charge is 2.18. The molecule has 0 saturated carbocycles. The van der Waals surface area contributed by atoms with Crippen LogP contribution in [0.15, 0.2) is 12.1 Å². The molecule has 92 valence electrons. The van der Waals surface area contributed by atoms with Gasteiger partial charge < -0.3 is 15.2 Å². The fourth-order valence-electron chi connectivity index (χ4n) is 1.89. The van der Waals surface area contributed by atoms with E-state index in [2.05, 4.69) is 0 Å². The lowest BCUT2D eigenvalue weighted by Gasteiger charge is -2.20. The van der Waals surface area contributed by atoms with E-state index < -0.39 is 0 Å². The molecule has 1 unspecified atom stereocenters. The molecule has 2 N–H and O–H groups in total. The minimum Gasteiger partial charge on any atom is -0.486 e. The van der Waals surface area contributed by atoms with Crippen LogP contribution in [-0.4, -0.2) is 25.0 Å². The van der Waals surface area contributed by atoms with Crippen molar-refractivity contribution in [2.75, 3.05) is 13.2 Å². The van der Waals surface area contributed by atoms with Gasteiger partial charge in [-0.25, -0.2) is 0 Å². The maximum absolute atomic E-state index is 12.0. The molecule has 1 aliphatic rings. The Labute approximate surface area is 101 Å². The lowest BCUT2D eigenvalue weighted by molar-refractivity contribution is 0.0974. The Morgan fingerprint density at radius 3 is 2.53 bits per heavy atom. The van der Waals surface area contributed by atoms with Crippen LogP contribution in [0.2, 0.25) is 0 Å². The van der Waals surface area contributed by atoms with Crippen molar-refractivity contribution in [1.29, 1.82) is 0 Å². The van der Waals surface area contributed by atoms with Crippen LogP contribution in [0, 0.1) is 6.92 Å². The molecule has 0 radical (unpaired) electrons. The van der Waals surface area contributed by atoms with Gasteiger partial charge in [0.15, 0.2) is 17.3 Å². The van der Waals surface area contributed by atoms with Gasteiger partial charge in [0.25, 0.3) is 0 Å². The summed E-state index contributed by atoms with van der Waals surface area (Å²) in [6.07, 6.45) is 0.348. The van der Waals surface area contributed by atoms with E-state index in [1.165, 1.54) is 0 Å². The molecule has 17 heavy (non-hydrogen) atoms. The lowest BCUT2D eigenvalue weighted by Crippen LogP contribution is -2.21. The van der Waals surface area contributed by atoms with E-state index in [-0.39, 0.29) is 11.8 Å². The lowest BCUT2D eigenvalue weighted by atomic mass is 9.99. The third kappa shape index (κ3) is 2.58. The Balaban J connectivity index is 2.31. The zero-order valence-electron chi connectivity index (χ0n) is 10.2. The Morgan fingerprint density at radius 1 is 1.35 bits per heavy atom. The third-order valence-corrected chi connectivity index (χ3v) is 2.70. The number of hydrogen-bond donors (Lipinski definition) is 1. The summed E-state index contributed by atoms with van der Waals surface area (Å²) in [5.41, 5.74) is 7.22. The third-order valence-electron chi connectivity index (χ3n) is 2.70. The molecule has 0 aromatic heterocycles. The number of hydrogen-bond acceptors (Lipinski definition) is 4. The minimum atomic E-state index is -0.130. The topological polar surface area (TPSA) is 61.6 Å². The molecule has 0 fully saturated rings. The van der Waals surface area contributed by atoms with Crippen molar-refractivity contribution in [3.8, 4) is 11.5 Å². The number of fused-ring (bicyclic) bond motifs is 1. The van der Waals surface area contributed by atoms with Crippen molar-refractivity contribution in [2.24, 2.45) is 5.73 Å². The molecule has 1 aromatic rings. The maximum Gasteiger partial charge on any atom is 0.164 e. The summed E-state index contributed by atoms with van der Waals surface area (Å²) >= 11 is 0. The zero-order chi connectivity index (χ0) is 12.4. The largest absolute Gasteiger partial charge is 0.486 e. The molecule has 0 amide bonds. The number of nitrogens with two attached hydrogens (primary N) is 1. The SMILES string of the molecule is Cc1cc2c(cc1C(=O)CC(C)N)OCCO2. The van der Waals surface area contributed by atoms with E-state index in [4.69, 9.17) is 15.2 Å². The van der Waals surface area contributed by atoms with Gasteiger partial charge in [0, 0.05) is 18.0 Å². The van der Waals surface area contributed by atoms with E-state index in [0.29, 0.717) is 36.7 Å². The number of ether oxygens (including phenoxy) is 2. The van der Waals surface area contributed by atoms with Crippen LogP contribution in [0.1, 0.15) is 29.3 Å². The van der Waals surface area contributed by atoms with Crippen molar-refractivity contribution in [1.82, 2.24) is 0 Å². The molecule has 2 rings (SSSR count). The Hall–Kier alpha value is -1.55. The van der Waals surface area contributed by atoms with Gasteiger partial charge in [-0.2, -0.15) is 0 Å². The van der Waals surface area contributed by atoms with Gasteiger partial charge in [-0.15, -0.1) is 0 Å². The van der Waals surface area contributed by atoms with Crippen LogP contribution in [0.4, 0.5) is 0 Å². The van der Waals surface area contributed by atoms with E-state index >= 15 is 0 Å². The Kier molecular flexibility index (Phi) is 3.33. The van der Waals surface area contributed by atoms with Crippen LogP contribution >= 0.6 is 0 Å². The molecule has 0 spiro atoms. The normalized spacial score (nSPS) is 15.5. The van der Waals surface area contributed by atoms with Crippen LogP contribution < -0.4 is 15.2 Å². The minimum absolute atomic E-state index is 0.0504. The van der Waals surface area contributed by atoms with Crippen LogP contribution in [0.3, 0.4) is 0 Å². The summed E-state index contributed by atoms with van der Waals surface area (Å²) in [5, 5.41) is 0. The first-order valence-corrected chi connectivity index (χ1v) is 5.77. The van der Waals surface area contributed by atoms with E-state index in [9.17, 15) is 4.79 Å². The second-order valence-corrected chi connectivity index (χ2v) is 4.42. The van der Waals surface area contributed by atoms with Gasteiger partial charge in [-0.05, 0) is 31.5 Å². The van der Waals surface area contributed by atoms with Gasteiger partial charge in [0.2, 0.25) is 0 Å². The van der Waals surface area contributed by atoms with Gasteiger partial charge in [0.1, 0.15) is 13.2 Å². The van der Waals surface area contributed by atoms with Gasteiger partial charge in [0.05, 0.1) is 0 Å². The molecule has 0 bridgehead atoms. The number of ketones is 1. The average Bonchev–Trinajstić information content (AvgIpc) is 2.27. The van der Waals surface area contributed by atoms with Gasteiger partial charge in [-0.1, -0.05) is 0 Å². The zero-order valence-corrected chi connectivity index (χ0v) is 10.2. The molecule has 4 heteroatoms. The number of Topliss-reactive ketones (excluding diaryl/α,β-unsaturated/α-hetero) is 1. The Morgan fingerprint density at radius 2 is 1.94 bits per heavy atom. The summed E-state index contributed by atoms with van der Waals surface area (Å²) in [6, 6.07) is 3.48. The monoisotopic (exact) mass is 235 g/mol. The van der Waals surface area contributed by atoms with Gasteiger partial charge in [-0.3, -0.25) is 4.79 Å². The first-order valence-electron chi connectivity index (χ1n) is 5.77. The van der Waals surface area contributed by atoms with Gasteiger partial charge >= 0.3 is 0 Å². The molecule has 1 aliphatic heterocycles. The van der Waals surface area contributed by atoms with Crippen molar-refractivity contribution in [3.63, 3.8) is 0 Å².